The molecule has 0 atom stereocenters. The van der Waals surface area contributed by atoms with Gasteiger partial charge in [0.2, 0.25) is 0 Å². The third-order valence-electron chi connectivity index (χ3n) is 2.49. The van der Waals surface area contributed by atoms with E-state index in [0.717, 1.165) is 9.02 Å². The van der Waals surface area contributed by atoms with E-state index < -0.39 is 17.6 Å². The van der Waals surface area contributed by atoms with Gasteiger partial charge in [0.25, 0.3) is 0 Å². The van der Waals surface area contributed by atoms with Crippen molar-refractivity contribution in [2.45, 2.75) is 6.42 Å². The number of benzene rings is 1. The number of anilines is 1. The van der Waals surface area contributed by atoms with Crippen molar-refractivity contribution >= 4 is 26.5 Å². The van der Waals surface area contributed by atoms with Crippen LogP contribution >= 0.6 is 17.2 Å². The fraction of sp³-hybridized carbons (Fsp3) is 0.0833. The van der Waals surface area contributed by atoms with Gasteiger partial charge >= 0.3 is 113 Å². The van der Waals surface area contributed by atoms with Crippen LogP contribution in [0.4, 0.5) is 10.5 Å². The molecule has 1 aliphatic carbocycles. The zero-order chi connectivity index (χ0) is 12.3. The molecular formula is C12H11Cl2HfNO. The van der Waals surface area contributed by atoms with E-state index in [-0.39, 0.29) is 3.66 Å². The molecule has 0 aliphatic heterocycles. The van der Waals surface area contributed by atoms with Gasteiger partial charge < -0.3 is 0 Å². The summed E-state index contributed by atoms with van der Waals surface area (Å²) in [6, 6.07) is 9.23. The third-order valence-corrected chi connectivity index (χ3v) is 16.0. The van der Waals surface area contributed by atoms with Gasteiger partial charge in [0, 0.05) is 0 Å². The molecule has 2 rings (SSSR count). The van der Waals surface area contributed by atoms with Gasteiger partial charge in [-0.2, -0.15) is 0 Å². The van der Waals surface area contributed by atoms with E-state index in [9.17, 15) is 4.79 Å². The first-order valence-corrected chi connectivity index (χ1v) is 17.7. The Labute approximate surface area is 112 Å². The molecule has 0 unspecified atom stereocenters. The first kappa shape index (κ1) is 13.1. The van der Waals surface area contributed by atoms with E-state index in [0.29, 0.717) is 6.42 Å². The molecule has 2 nitrogen and oxygen atoms in total. The van der Waals surface area contributed by atoms with Crippen LogP contribution in [0.5, 0.6) is 0 Å². The van der Waals surface area contributed by atoms with Gasteiger partial charge in [0.1, 0.15) is 0 Å². The number of hydrogen-bond acceptors (Lipinski definition) is 1. The zero-order valence-corrected chi connectivity index (χ0v) is 14.1. The molecule has 5 heteroatoms. The van der Waals surface area contributed by atoms with Crippen molar-refractivity contribution in [3.8, 4) is 0 Å². The van der Waals surface area contributed by atoms with E-state index in [4.69, 9.17) is 17.2 Å². The molecule has 17 heavy (non-hydrogen) atoms. The van der Waals surface area contributed by atoms with Crippen LogP contribution in [0.3, 0.4) is 0 Å². The summed E-state index contributed by atoms with van der Waals surface area (Å²) in [4.78, 5) is 12.1. The predicted molar refractivity (Wildman–Crippen MR) is 69.0 cm³/mol. The number of rotatable bonds is 3. The maximum absolute atomic E-state index is 12.1. The quantitative estimate of drug-likeness (QED) is 0.696. The number of para-hydroxylation sites is 1. The van der Waals surface area contributed by atoms with Crippen molar-refractivity contribution in [2.75, 3.05) is 5.32 Å². The predicted octanol–water partition coefficient (Wildman–Crippen LogP) is 4.52. The van der Waals surface area contributed by atoms with Crippen LogP contribution in [-0.4, -0.2) is 3.66 Å². The van der Waals surface area contributed by atoms with E-state index in [1.54, 1.807) is 0 Å². The van der Waals surface area contributed by atoms with Crippen molar-refractivity contribution in [3.05, 3.63) is 51.9 Å². The van der Waals surface area contributed by atoms with Crippen LogP contribution in [0.2, 0.25) is 0 Å². The molecule has 0 saturated carbocycles. The average molecular weight is 435 g/mol. The molecule has 0 saturated heterocycles. The summed E-state index contributed by atoms with van der Waals surface area (Å²) in [5, 5.41) is 2.79. The third kappa shape index (κ3) is 3.09. The summed E-state index contributed by atoms with van der Waals surface area (Å²) in [5.41, 5.74) is 0.731. The fourth-order valence-electron chi connectivity index (χ4n) is 1.56. The number of allylic oxidation sites excluding steroid dienone is 4. The summed E-state index contributed by atoms with van der Waals surface area (Å²) in [6.07, 6.45) is 6.43. The van der Waals surface area contributed by atoms with Crippen LogP contribution in [0.25, 0.3) is 0 Å². The number of halogens is 2. The number of nitrogens with one attached hydrogen (secondary N) is 1. The molecule has 1 N–H and O–H groups in total. The zero-order valence-electron chi connectivity index (χ0n) is 8.99. The summed E-state index contributed by atoms with van der Waals surface area (Å²) >= 11 is -3.99. The second-order valence-electron chi connectivity index (χ2n) is 3.72. The van der Waals surface area contributed by atoms with Crippen LogP contribution < -0.4 is 5.32 Å². The van der Waals surface area contributed by atoms with Gasteiger partial charge in [-0.25, -0.2) is 0 Å². The Morgan fingerprint density at radius 3 is 2.53 bits per heavy atom. The van der Waals surface area contributed by atoms with Crippen molar-refractivity contribution in [1.29, 1.82) is 0 Å². The minimum atomic E-state index is -3.99. The summed E-state index contributed by atoms with van der Waals surface area (Å²) in [5.74, 6) is 0. The molecule has 0 aromatic heterocycles. The summed E-state index contributed by atoms with van der Waals surface area (Å²) in [6.45, 7) is 0. The van der Waals surface area contributed by atoms with E-state index >= 15 is 0 Å². The Bertz CT molecular complexity index is 483. The first-order valence-electron chi connectivity index (χ1n) is 5.21. The Balaban J connectivity index is 2.10. The molecule has 0 radical (unpaired) electrons. The van der Waals surface area contributed by atoms with Gasteiger partial charge in [0.05, 0.1) is 0 Å². The molecule has 0 heterocycles. The van der Waals surface area contributed by atoms with Crippen LogP contribution in [-0.2, 0) is 17.6 Å². The molecule has 0 spiro atoms. The standard InChI is InChI=1S/C7H6NO.C5H5.2ClH.Hf/c9-6-8-7-4-2-1-3-5-7;1-2-4-5-3-1;;;/h1-5H,(H,8,9);1-3H,4H2;2*1H;/q;;;;+2/p-2. The monoisotopic (exact) mass is 435 g/mol. The molecule has 1 aromatic carbocycles. The fourth-order valence-corrected chi connectivity index (χ4v) is 9.20. The Morgan fingerprint density at radius 1 is 1.24 bits per heavy atom. The normalized spacial score (nSPS) is 14.6. The molecule has 0 fully saturated rings. The van der Waals surface area contributed by atoms with Crippen molar-refractivity contribution in [2.24, 2.45) is 0 Å². The van der Waals surface area contributed by atoms with Gasteiger partial charge in [-0.1, -0.05) is 0 Å². The van der Waals surface area contributed by atoms with Crippen LogP contribution in [0.1, 0.15) is 6.42 Å². The van der Waals surface area contributed by atoms with E-state index in [2.05, 4.69) is 5.32 Å². The molecule has 1 aromatic rings. The van der Waals surface area contributed by atoms with Gasteiger partial charge in [-0.3, -0.25) is 0 Å². The number of carbonyl (C=O) groups is 1. The number of hydrogen-bond donors (Lipinski definition) is 1. The Morgan fingerprint density at radius 2 is 1.94 bits per heavy atom. The van der Waals surface area contributed by atoms with Gasteiger partial charge in [0.15, 0.2) is 0 Å². The van der Waals surface area contributed by atoms with Crippen molar-refractivity contribution in [3.63, 3.8) is 0 Å². The Hall–Kier alpha value is -0.380. The summed E-state index contributed by atoms with van der Waals surface area (Å²) < 4.78 is 0.705. The van der Waals surface area contributed by atoms with Gasteiger partial charge in [-0.15, -0.1) is 0 Å². The summed E-state index contributed by atoms with van der Waals surface area (Å²) in [7, 11) is 12.6. The van der Waals surface area contributed by atoms with Crippen molar-refractivity contribution < 1.29 is 22.4 Å². The Kier molecular flexibility index (Phi) is 4.23. The van der Waals surface area contributed by atoms with E-state index in [1.807, 2.05) is 48.6 Å². The topological polar surface area (TPSA) is 29.1 Å². The second-order valence-corrected chi connectivity index (χ2v) is 22.6. The van der Waals surface area contributed by atoms with Crippen LogP contribution in [0.15, 0.2) is 51.9 Å². The first-order chi connectivity index (χ1) is 8.10. The van der Waals surface area contributed by atoms with E-state index in [1.165, 1.54) is 0 Å². The average Bonchev–Trinajstić information content (AvgIpc) is 2.84. The van der Waals surface area contributed by atoms with Crippen LogP contribution in [0, 0.1) is 0 Å². The SMILES string of the molecule is O=[C](Nc1ccccc1)[Hf]([Cl])([Cl])[C]1=CC=CC1. The molecule has 1 amide bonds. The van der Waals surface area contributed by atoms with Gasteiger partial charge in [-0.05, 0) is 0 Å². The van der Waals surface area contributed by atoms with Crippen molar-refractivity contribution in [1.82, 2.24) is 0 Å². The minimum absolute atomic E-state index is 0.206. The number of carbonyl (C=O) groups excluding carboxylic acids is 1. The second kappa shape index (κ2) is 5.51. The molecular weight excluding hydrogens is 424 g/mol. The number of amides is 1. The molecule has 88 valence electrons. The molecule has 1 aliphatic rings. The maximum atomic E-state index is 12.1. The molecule has 0 bridgehead atoms.